The number of carboxylic acid groups (broad SMARTS) is 1. The number of carbonyl (C=O) groups excluding carboxylic acids is 4. The maximum Gasteiger partial charge on any atom is 0.326 e. The van der Waals surface area contributed by atoms with E-state index >= 15 is 0 Å². The number of aliphatic hydroxyl groups is 1. The number of ether oxygens (including phenoxy) is 1. The second kappa shape index (κ2) is 12.0. The van der Waals surface area contributed by atoms with Crippen molar-refractivity contribution < 1.29 is 38.9 Å². The van der Waals surface area contributed by atoms with Crippen LogP contribution in [-0.4, -0.2) is 57.9 Å². The van der Waals surface area contributed by atoms with Crippen molar-refractivity contribution >= 4 is 29.4 Å². The van der Waals surface area contributed by atoms with Crippen LogP contribution in [0.5, 0.6) is 0 Å². The monoisotopic (exact) mass is 593 g/mol. The lowest BCUT2D eigenvalue weighted by molar-refractivity contribution is -0.170. The van der Waals surface area contributed by atoms with Crippen molar-refractivity contribution in [3.8, 4) is 0 Å². The Kier molecular flexibility index (Phi) is 8.67. The van der Waals surface area contributed by atoms with E-state index in [0.29, 0.717) is 31.1 Å². The Morgan fingerprint density at radius 3 is 2.42 bits per heavy atom. The van der Waals surface area contributed by atoms with E-state index in [2.05, 4.69) is 12.2 Å². The van der Waals surface area contributed by atoms with Crippen molar-refractivity contribution in [2.24, 2.45) is 28.6 Å². The Morgan fingerprint density at radius 2 is 1.70 bits per heavy atom. The molecule has 4 aliphatic rings. The second-order valence-corrected chi connectivity index (χ2v) is 13.6. The third kappa shape index (κ3) is 5.80. The minimum atomic E-state index is -1.59. The number of hydrogen-bond acceptors (Lipinski definition) is 7. The van der Waals surface area contributed by atoms with E-state index in [-0.39, 0.29) is 36.4 Å². The number of esters is 1. The first-order valence-corrected chi connectivity index (χ1v) is 15.6. The van der Waals surface area contributed by atoms with Gasteiger partial charge in [-0.15, -0.1) is 0 Å². The van der Waals surface area contributed by atoms with E-state index in [4.69, 9.17) is 4.74 Å². The number of nitrogens with one attached hydrogen (secondary N) is 1. The lowest BCUT2D eigenvalue weighted by Gasteiger charge is -2.58. The molecule has 0 bridgehead atoms. The van der Waals surface area contributed by atoms with Crippen molar-refractivity contribution in [1.82, 2.24) is 5.32 Å². The number of allylic oxidation sites excluding steroid dienone is 1. The Balaban J connectivity index is 1.14. The molecule has 43 heavy (non-hydrogen) atoms. The van der Waals surface area contributed by atoms with Crippen molar-refractivity contribution in [1.29, 1.82) is 0 Å². The van der Waals surface area contributed by atoms with Gasteiger partial charge in [-0.25, -0.2) is 4.79 Å². The molecule has 0 aromatic heterocycles. The summed E-state index contributed by atoms with van der Waals surface area (Å²) in [7, 11) is 0. The van der Waals surface area contributed by atoms with Gasteiger partial charge in [0.25, 0.3) is 0 Å². The maximum atomic E-state index is 13.4. The van der Waals surface area contributed by atoms with Crippen LogP contribution in [0.1, 0.15) is 83.6 Å². The highest BCUT2D eigenvalue weighted by molar-refractivity contribution is 5.92. The van der Waals surface area contributed by atoms with Gasteiger partial charge in [-0.05, 0) is 79.8 Å². The average molecular weight is 594 g/mol. The molecule has 3 fully saturated rings. The molecule has 1 aromatic rings. The third-order valence-electron chi connectivity index (χ3n) is 11.4. The van der Waals surface area contributed by atoms with Crippen LogP contribution in [0.15, 0.2) is 42.0 Å². The number of fused-ring (bicyclic) bond motifs is 5. The molecule has 9 heteroatoms. The molecule has 9 nitrogen and oxygen atoms in total. The van der Waals surface area contributed by atoms with Gasteiger partial charge in [0.05, 0.1) is 6.42 Å². The molecule has 0 saturated heterocycles. The number of carbonyl (C=O) groups is 5. The minimum absolute atomic E-state index is 0.00325. The molecular weight excluding hydrogens is 550 g/mol. The number of Topliss-reactive ketones (excluding diaryl/α,β-unsaturated/α-hetero) is 1. The van der Waals surface area contributed by atoms with Gasteiger partial charge in [-0.1, -0.05) is 49.8 Å². The summed E-state index contributed by atoms with van der Waals surface area (Å²) in [6.45, 7) is 3.74. The Hall–Kier alpha value is -3.33. The van der Waals surface area contributed by atoms with Gasteiger partial charge >= 0.3 is 11.9 Å². The third-order valence-corrected chi connectivity index (χ3v) is 11.4. The predicted molar refractivity (Wildman–Crippen MR) is 157 cm³/mol. The number of carboxylic acids is 1. The molecule has 3 saturated carbocycles. The number of amides is 1. The topological polar surface area (TPSA) is 147 Å². The summed E-state index contributed by atoms with van der Waals surface area (Å²) >= 11 is 0. The van der Waals surface area contributed by atoms with Crippen LogP contribution in [0.4, 0.5) is 0 Å². The van der Waals surface area contributed by atoms with E-state index < -0.39 is 47.3 Å². The van der Waals surface area contributed by atoms with Crippen LogP contribution in [0, 0.1) is 28.6 Å². The molecule has 0 aliphatic heterocycles. The summed E-state index contributed by atoms with van der Waals surface area (Å²) in [6.07, 6.45) is 7.30. The van der Waals surface area contributed by atoms with Gasteiger partial charge in [0.2, 0.25) is 11.7 Å². The van der Waals surface area contributed by atoms with Gasteiger partial charge in [0.1, 0.15) is 11.6 Å². The fourth-order valence-corrected chi connectivity index (χ4v) is 8.90. The normalized spacial score (nSPS) is 33.7. The highest BCUT2D eigenvalue weighted by Crippen LogP contribution is 2.67. The predicted octanol–water partition coefficient (Wildman–Crippen LogP) is 3.95. The molecule has 0 unspecified atom stereocenters. The van der Waals surface area contributed by atoms with E-state index in [1.807, 2.05) is 19.1 Å². The number of ketones is 2. The first-order valence-electron chi connectivity index (χ1n) is 15.6. The average Bonchev–Trinajstić information content (AvgIpc) is 3.26. The van der Waals surface area contributed by atoms with Crippen LogP contribution in [-0.2, 0) is 35.1 Å². The lowest BCUT2D eigenvalue weighted by Crippen LogP contribution is -2.58. The van der Waals surface area contributed by atoms with Crippen LogP contribution in [0.3, 0.4) is 0 Å². The second-order valence-electron chi connectivity index (χ2n) is 13.6. The largest absolute Gasteiger partial charge is 0.480 e. The zero-order chi connectivity index (χ0) is 31.0. The van der Waals surface area contributed by atoms with Gasteiger partial charge in [-0.2, -0.15) is 0 Å². The Bertz CT molecular complexity index is 1320. The lowest BCUT2D eigenvalue weighted by atomic mass is 9.46. The summed E-state index contributed by atoms with van der Waals surface area (Å²) in [5, 5.41) is 23.8. The molecule has 4 aliphatic carbocycles. The molecule has 0 radical (unpaired) electrons. The highest BCUT2D eigenvalue weighted by Gasteiger charge is 2.66. The minimum Gasteiger partial charge on any atom is -0.480 e. The van der Waals surface area contributed by atoms with Gasteiger partial charge in [0, 0.05) is 24.7 Å². The summed E-state index contributed by atoms with van der Waals surface area (Å²) in [6, 6.07) is 7.78. The standard InChI is InChI=1S/C34H43NO8/c1-32-15-12-23(36)19-22(32)8-9-24-25(32)13-16-33(2)26(24)14-17-34(33,42)28(37)20-43-30(39)11-10-29(38)35-27(31(40)41)18-21-6-4-3-5-7-21/h3-7,19,24-27,42H,8-18,20H2,1-2H3,(H,35,38)(H,40,41)/t24-,25+,26+,27+,32-,33-,34-/m0/s1. The van der Waals surface area contributed by atoms with Crippen molar-refractivity contribution in [2.45, 2.75) is 96.1 Å². The van der Waals surface area contributed by atoms with Crippen molar-refractivity contribution in [3.63, 3.8) is 0 Å². The molecule has 0 spiro atoms. The molecule has 1 amide bonds. The number of hydrogen-bond donors (Lipinski definition) is 3. The quantitative estimate of drug-likeness (QED) is 0.346. The number of benzene rings is 1. The number of rotatable bonds is 10. The molecule has 0 heterocycles. The van der Waals surface area contributed by atoms with Gasteiger partial charge in [-0.3, -0.25) is 19.2 Å². The van der Waals surface area contributed by atoms with E-state index in [9.17, 15) is 34.2 Å². The van der Waals surface area contributed by atoms with Crippen LogP contribution < -0.4 is 5.32 Å². The zero-order valence-corrected chi connectivity index (χ0v) is 25.1. The molecule has 1 aromatic carbocycles. The Morgan fingerprint density at radius 1 is 0.977 bits per heavy atom. The molecule has 7 atom stereocenters. The SMILES string of the molecule is C[C@]12CCC(=O)C=C1CC[C@H]1[C@H]2CC[C@@]2(C)[C@@H]1CC[C@]2(O)C(=O)COC(=O)CCC(=O)N[C@H](Cc1ccccc1)C(=O)O. The Labute approximate surface area is 252 Å². The summed E-state index contributed by atoms with van der Waals surface area (Å²) in [4.78, 5) is 62.0. The van der Waals surface area contributed by atoms with E-state index in [1.165, 1.54) is 5.57 Å². The molecule has 232 valence electrons. The highest BCUT2D eigenvalue weighted by atomic mass is 16.5. The molecule has 5 rings (SSSR count). The fraction of sp³-hybridized carbons (Fsp3) is 0.618. The summed E-state index contributed by atoms with van der Waals surface area (Å²) in [5.74, 6) is -1.85. The zero-order valence-electron chi connectivity index (χ0n) is 25.1. The van der Waals surface area contributed by atoms with E-state index in [0.717, 1.165) is 37.7 Å². The smallest absolute Gasteiger partial charge is 0.326 e. The van der Waals surface area contributed by atoms with Gasteiger partial charge < -0.3 is 20.3 Å². The fourth-order valence-electron chi connectivity index (χ4n) is 8.90. The maximum absolute atomic E-state index is 13.4. The van der Waals surface area contributed by atoms with Gasteiger partial charge in [0.15, 0.2) is 12.4 Å². The van der Waals surface area contributed by atoms with Crippen LogP contribution >= 0.6 is 0 Å². The number of aliphatic carboxylic acids is 1. The molecular formula is C34H43NO8. The summed E-state index contributed by atoms with van der Waals surface area (Å²) < 4.78 is 5.22. The van der Waals surface area contributed by atoms with Crippen LogP contribution in [0.2, 0.25) is 0 Å². The van der Waals surface area contributed by atoms with Crippen molar-refractivity contribution in [2.75, 3.05) is 6.61 Å². The summed E-state index contributed by atoms with van der Waals surface area (Å²) in [5.41, 5.74) is -0.187. The molecule has 3 N–H and O–H groups in total. The van der Waals surface area contributed by atoms with E-state index in [1.54, 1.807) is 24.3 Å². The first-order chi connectivity index (χ1) is 20.4. The van der Waals surface area contributed by atoms with Crippen LogP contribution in [0.25, 0.3) is 0 Å². The first kappa shape index (κ1) is 31.1. The van der Waals surface area contributed by atoms with Crippen molar-refractivity contribution in [3.05, 3.63) is 47.5 Å².